The fourth-order valence-electron chi connectivity index (χ4n) is 1.11. The van der Waals surface area contributed by atoms with Crippen molar-refractivity contribution in [1.82, 2.24) is 5.32 Å². The number of phenols is 2. The van der Waals surface area contributed by atoms with E-state index >= 15 is 0 Å². The van der Waals surface area contributed by atoms with Crippen LogP contribution in [-0.2, 0) is 0 Å². The second-order valence-electron chi connectivity index (χ2n) is 3.05. The minimum absolute atomic E-state index is 0.126. The van der Waals surface area contributed by atoms with Crippen molar-refractivity contribution in [2.75, 3.05) is 13.1 Å². The third-order valence-corrected chi connectivity index (χ3v) is 1.99. The van der Waals surface area contributed by atoms with Gasteiger partial charge in [0.15, 0.2) is 11.5 Å². The maximum atomic E-state index is 9.16. The molecule has 4 heteroatoms. The molecular weight excluding hydrogens is 170 g/mol. The van der Waals surface area contributed by atoms with Gasteiger partial charge in [0.2, 0.25) is 0 Å². The van der Waals surface area contributed by atoms with Gasteiger partial charge in [-0.05, 0) is 12.1 Å². The fraction of sp³-hybridized carbons (Fsp3) is 0.333. The molecule has 1 aliphatic heterocycles. The van der Waals surface area contributed by atoms with Crippen LogP contribution in [0.25, 0.3) is 0 Å². The third-order valence-electron chi connectivity index (χ3n) is 1.99. The molecule has 4 nitrogen and oxygen atoms in total. The van der Waals surface area contributed by atoms with E-state index in [4.69, 9.17) is 14.9 Å². The Morgan fingerprint density at radius 3 is 2.54 bits per heavy atom. The van der Waals surface area contributed by atoms with Crippen LogP contribution in [-0.4, -0.2) is 29.4 Å². The molecular formula is C9H11NO3. The van der Waals surface area contributed by atoms with Crippen molar-refractivity contribution in [3.8, 4) is 17.2 Å². The van der Waals surface area contributed by atoms with Crippen LogP contribution in [0, 0.1) is 0 Å². The lowest BCUT2D eigenvalue weighted by Gasteiger charge is -2.27. The number of aromatic hydroxyl groups is 2. The van der Waals surface area contributed by atoms with Gasteiger partial charge < -0.3 is 20.3 Å². The van der Waals surface area contributed by atoms with Crippen LogP contribution < -0.4 is 10.1 Å². The zero-order chi connectivity index (χ0) is 9.26. The monoisotopic (exact) mass is 181 g/mol. The first-order valence-electron chi connectivity index (χ1n) is 4.15. The predicted molar refractivity (Wildman–Crippen MR) is 47.1 cm³/mol. The van der Waals surface area contributed by atoms with Crippen molar-refractivity contribution < 1.29 is 14.9 Å². The van der Waals surface area contributed by atoms with Gasteiger partial charge in [-0.25, -0.2) is 0 Å². The Morgan fingerprint density at radius 1 is 1.23 bits per heavy atom. The quantitative estimate of drug-likeness (QED) is 0.580. The van der Waals surface area contributed by atoms with Gasteiger partial charge in [0.25, 0.3) is 0 Å². The van der Waals surface area contributed by atoms with Crippen LogP contribution >= 0.6 is 0 Å². The minimum atomic E-state index is -0.148. The van der Waals surface area contributed by atoms with Gasteiger partial charge >= 0.3 is 0 Å². The highest BCUT2D eigenvalue weighted by Crippen LogP contribution is 2.29. The molecule has 1 saturated heterocycles. The van der Waals surface area contributed by atoms with Gasteiger partial charge in [0.05, 0.1) is 0 Å². The molecule has 0 radical (unpaired) electrons. The first-order valence-corrected chi connectivity index (χ1v) is 4.15. The van der Waals surface area contributed by atoms with E-state index < -0.39 is 0 Å². The number of ether oxygens (including phenoxy) is 1. The van der Waals surface area contributed by atoms with Crippen molar-refractivity contribution in [1.29, 1.82) is 0 Å². The highest BCUT2D eigenvalue weighted by molar-refractivity contribution is 5.43. The number of nitrogens with one attached hydrogen (secondary N) is 1. The summed E-state index contributed by atoms with van der Waals surface area (Å²) in [6, 6.07) is 4.46. The van der Waals surface area contributed by atoms with Gasteiger partial charge in [-0.3, -0.25) is 0 Å². The van der Waals surface area contributed by atoms with Crippen molar-refractivity contribution in [3.63, 3.8) is 0 Å². The van der Waals surface area contributed by atoms with E-state index in [1.807, 2.05) is 0 Å². The number of phenolic OH excluding ortho intramolecular Hbond substituents is 2. The van der Waals surface area contributed by atoms with E-state index in [9.17, 15) is 0 Å². The average molecular weight is 181 g/mol. The molecule has 70 valence electrons. The summed E-state index contributed by atoms with van der Waals surface area (Å²) in [4.78, 5) is 0. The number of hydrogen-bond donors (Lipinski definition) is 3. The maximum absolute atomic E-state index is 9.16. The second-order valence-corrected chi connectivity index (χ2v) is 3.05. The molecule has 0 aromatic heterocycles. The lowest BCUT2D eigenvalue weighted by atomic mass is 10.2. The zero-order valence-electron chi connectivity index (χ0n) is 7.03. The molecule has 1 heterocycles. The van der Waals surface area contributed by atoms with Crippen LogP contribution in [0.4, 0.5) is 0 Å². The van der Waals surface area contributed by atoms with E-state index in [0.717, 1.165) is 13.1 Å². The molecule has 1 aliphatic rings. The summed E-state index contributed by atoms with van der Waals surface area (Å²) in [5.74, 6) is 0.311. The smallest absolute Gasteiger partial charge is 0.161 e. The van der Waals surface area contributed by atoms with Gasteiger partial charge in [-0.1, -0.05) is 0 Å². The van der Waals surface area contributed by atoms with E-state index in [1.54, 1.807) is 6.07 Å². The van der Waals surface area contributed by atoms with Gasteiger partial charge in [0, 0.05) is 19.2 Å². The number of rotatable bonds is 2. The Labute approximate surface area is 75.8 Å². The van der Waals surface area contributed by atoms with E-state index in [-0.39, 0.29) is 17.6 Å². The van der Waals surface area contributed by atoms with Gasteiger partial charge in [0.1, 0.15) is 11.9 Å². The lowest BCUT2D eigenvalue weighted by molar-refractivity contribution is 0.141. The summed E-state index contributed by atoms with van der Waals surface area (Å²) in [6.07, 6.45) is 0.184. The Kier molecular flexibility index (Phi) is 1.98. The summed E-state index contributed by atoms with van der Waals surface area (Å²) in [6.45, 7) is 1.67. The standard InChI is InChI=1S/C9H11NO3/c11-8-2-1-6(3-9(8)12)13-7-4-10-5-7/h1-3,7,10-12H,4-5H2. The first-order chi connectivity index (χ1) is 6.25. The molecule has 0 saturated carbocycles. The third kappa shape index (κ3) is 1.67. The van der Waals surface area contributed by atoms with Crippen LogP contribution in [0.1, 0.15) is 0 Å². The Balaban J connectivity index is 2.07. The number of hydrogen-bond acceptors (Lipinski definition) is 4. The highest BCUT2D eigenvalue weighted by Gasteiger charge is 2.18. The molecule has 3 N–H and O–H groups in total. The molecule has 1 aromatic rings. The Bertz CT molecular complexity index is 310. The molecule has 2 rings (SSSR count). The molecule has 0 aliphatic carbocycles. The topological polar surface area (TPSA) is 61.7 Å². The summed E-state index contributed by atoms with van der Waals surface area (Å²) < 4.78 is 5.45. The highest BCUT2D eigenvalue weighted by atomic mass is 16.5. The normalized spacial score (nSPS) is 16.6. The summed E-state index contributed by atoms with van der Waals surface area (Å²) in [5, 5.41) is 21.3. The molecule has 0 amide bonds. The first kappa shape index (κ1) is 8.19. The van der Waals surface area contributed by atoms with Crippen molar-refractivity contribution >= 4 is 0 Å². The van der Waals surface area contributed by atoms with Crippen LogP contribution in [0.2, 0.25) is 0 Å². The average Bonchev–Trinajstić information content (AvgIpc) is 2.04. The van der Waals surface area contributed by atoms with E-state index in [0.29, 0.717) is 5.75 Å². The summed E-state index contributed by atoms with van der Waals surface area (Å²) in [7, 11) is 0. The lowest BCUT2D eigenvalue weighted by Crippen LogP contribution is -2.50. The van der Waals surface area contributed by atoms with Crippen molar-refractivity contribution in [3.05, 3.63) is 18.2 Å². The predicted octanol–water partition coefficient (Wildman–Crippen LogP) is 0.448. The molecule has 0 bridgehead atoms. The van der Waals surface area contributed by atoms with Crippen LogP contribution in [0.15, 0.2) is 18.2 Å². The Morgan fingerprint density at radius 2 is 2.00 bits per heavy atom. The molecule has 0 atom stereocenters. The zero-order valence-corrected chi connectivity index (χ0v) is 7.03. The van der Waals surface area contributed by atoms with E-state index in [1.165, 1.54) is 12.1 Å². The summed E-state index contributed by atoms with van der Waals surface area (Å²) in [5.41, 5.74) is 0. The minimum Gasteiger partial charge on any atom is -0.504 e. The molecule has 13 heavy (non-hydrogen) atoms. The maximum Gasteiger partial charge on any atom is 0.161 e. The van der Waals surface area contributed by atoms with Gasteiger partial charge in [-0.15, -0.1) is 0 Å². The van der Waals surface area contributed by atoms with Gasteiger partial charge in [-0.2, -0.15) is 0 Å². The fourth-order valence-corrected chi connectivity index (χ4v) is 1.11. The summed E-state index contributed by atoms with van der Waals surface area (Å²) >= 11 is 0. The van der Waals surface area contributed by atoms with Crippen molar-refractivity contribution in [2.24, 2.45) is 0 Å². The van der Waals surface area contributed by atoms with Crippen LogP contribution in [0.3, 0.4) is 0 Å². The second kappa shape index (κ2) is 3.14. The number of benzene rings is 1. The van der Waals surface area contributed by atoms with Crippen molar-refractivity contribution in [2.45, 2.75) is 6.10 Å². The SMILES string of the molecule is Oc1ccc(OC2CNC2)cc1O. The largest absolute Gasteiger partial charge is 0.504 e. The Hall–Kier alpha value is -1.42. The van der Waals surface area contributed by atoms with E-state index in [2.05, 4.69) is 5.32 Å². The molecule has 1 aromatic carbocycles. The molecule has 0 spiro atoms. The molecule has 0 unspecified atom stereocenters. The molecule has 1 fully saturated rings. The van der Waals surface area contributed by atoms with Crippen LogP contribution in [0.5, 0.6) is 17.2 Å².